The molecule has 5 N–H and O–H groups in total. The minimum Gasteiger partial charge on any atom is -0.461 e. The van der Waals surface area contributed by atoms with Crippen molar-refractivity contribution in [1.82, 2.24) is 25.1 Å². The van der Waals surface area contributed by atoms with E-state index in [0.29, 0.717) is 23.6 Å². The fraction of sp³-hybridized carbons (Fsp3) is 0.261. The number of anilines is 1. The number of amides is 1. The molecule has 0 spiro atoms. The van der Waals surface area contributed by atoms with Crippen LogP contribution >= 0.6 is 0 Å². The number of aryl methyl sites for hydroxylation is 1. The molecule has 4 aromatic rings. The third-order valence-corrected chi connectivity index (χ3v) is 5.48. The van der Waals surface area contributed by atoms with Crippen LogP contribution in [0.4, 0.5) is 5.69 Å². The highest BCUT2D eigenvalue weighted by Crippen LogP contribution is 2.37. The molecule has 4 rings (SSSR count). The predicted octanol–water partition coefficient (Wildman–Crippen LogP) is 2.88. The Morgan fingerprint density at radius 2 is 2.03 bits per heavy atom. The normalized spacial score (nSPS) is 12.1. The molecule has 0 aliphatic carbocycles. The van der Waals surface area contributed by atoms with Crippen molar-refractivity contribution in [2.45, 2.75) is 26.4 Å². The number of fused-ring (bicyclic) bond motifs is 1. The molecule has 33 heavy (non-hydrogen) atoms. The molecule has 0 bridgehead atoms. The molecule has 0 radical (unpaired) electrons. The van der Waals surface area contributed by atoms with E-state index in [0.717, 1.165) is 28.5 Å². The summed E-state index contributed by atoms with van der Waals surface area (Å²) < 4.78 is 11.0. The van der Waals surface area contributed by atoms with E-state index in [1.807, 2.05) is 26.0 Å². The molecule has 1 aromatic carbocycles. The van der Waals surface area contributed by atoms with Crippen molar-refractivity contribution in [3.8, 4) is 28.5 Å². The quantitative estimate of drug-likeness (QED) is 0.372. The van der Waals surface area contributed by atoms with Gasteiger partial charge in [-0.1, -0.05) is 13.0 Å². The number of primary amides is 1. The number of carbonyl (C=O) groups excluding carboxylic acids is 1. The van der Waals surface area contributed by atoms with Gasteiger partial charge in [-0.25, -0.2) is 9.97 Å². The number of methoxy groups -OCH3 is 1. The molecule has 1 amide bonds. The van der Waals surface area contributed by atoms with E-state index in [2.05, 4.69) is 25.1 Å². The Bertz CT molecular complexity index is 1310. The SMILES string of the molecule is CC[C@@H](COc1nccc(-c2cc(-c3c(C)ccc4[nH]ncc34)c(N)c(C(N)=O)n2)n1)OC. The highest BCUT2D eigenvalue weighted by molar-refractivity contribution is 6.05. The average molecular weight is 447 g/mol. The van der Waals surface area contributed by atoms with Gasteiger partial charge in [0.2, 0.25) is 0 Å². The summed E-state index contributed by atoms with van der Waals surface area (Å²) in [5.41, 5.74) is 16.3. The van der Waals surface area contributed by atoms with Gasteiger partial charge in [0.1, 0.15) is 6.61 Å². The van der Waals surface area contributed by atoms with Gasteiger partial charge in [0.05, 0.1) is 34.9 Å². The zero-order chi connectivity index (χ0) is 23.5. The maximum absolute atomic E-state index is 12.2. The highest BCUT2D eigenvalue weighted by Gasteiger charge is 2.20. The Morgan fingerprint density at radius 1 is 1.21 bits per heavy atom. The number of carbonyl (C=O) groups is 1. The van der Waals surface area contributed by atoms with Crippen LogP contribution in [0.1, 0.15) is 29.4 Å². The maximum Gasteiger partial charge on any atom is 0.317 e. The third kappa shape index (κ3) is 4.33. The first-order valence-corrected chi connectivity index (χ1v) is 10.4. The molecule has 0 aliphatic heterocycles. The third-order valence-electron chi connectivity index (χ3n) is 5.48. The average Bonchev–Trinajstić information content (AvgIpc) is 3.29. The number of nitrogens with two attached hydrogens (primary N) is 2. The first-order chi connectivity index (χ1) is 15.9. The molecule has 3 heterocycles. The molecular formula is C23H25N7O3. The number of nitrogens with zero attached hydrogens (tertiary/aromatic N) is 4. The van der Waals surface area contributed by atoms with E-state index in [1.54, 1.807) is 31.6 Å². The number of hydrogen-bond donors (Lipinski definition) is 3. The van der Waals surface area contributed by atoms with Crippen molar-refractivity contribution in [2.75, 3.05) is 19.5 Å². The van der Waals surface area contributed by atoms with Crippen LogP contribution in [-0.4, -0.2) is 50.9 Å². The number of pyridine rings is 1. The van der Waals surface area contributed by atoms with Gasteiger partial charge in [-0.05, 0) is 42.7 Å². The van der Waals surface area contributed by atoms with Crippen molar-refractivity contribution in [2.24, 2.45) is 5.73 Å². The van der Waals surface area contributed by atoms with Crippen molar-refractivity contribution in [1.29, 1.82) is 0 Å². The van der Waals surface area contributed by atoms with E-state index in [-0.39, 0.29) is 23.5 Å². The number of aromatic amines is 1. The molecule has 3 aromatic heterocycles. The van der Waals surface area contributed by atoms with E-state index in [4.69, 9.17) is 20.9 Å². The summed E-state index contributed by atoms with van der Waals surface area (Å²) in [7, 11) is 1.63. The predicted molar refractivity (Wildman–Crippen MR) is 125 cm³/mol. The first kappa shape index (κ1) is 22.2. The number of nitrogen functional groups attached to an aromatic ring is 1. The lowest BCUT2D eigenvalue weighted by molar-refractivity contribution is 0.0523. The molecule has 0 unspecified atom stereocenters. The standard InChI is InChI=1S/C23H25N7O3/c1-4-13(32-3)11-33-23-26-8-7-17(29-23)18-9-14(20(24)21(28-18)22(25)31)19-12(2)5-6-16-15(19)10-27-30-16/h5-10,13H,4,11,24H2,1-3H3,(H2,25,31)(H,27,30)/t13-/m0/s1. The fourth-order valence-corrected chi connectivity index (χ4v) is 3.64. The molecule has 1 atom stereocenters. The number of rotatable bonds is 8. The van der Waals surface area contributed by atoms with Gasteiger partial charge in [0.15, 0.2) is 5.69 Å². The van der Waals surface area contributed by atoms with Gasteiger partial charge < -0.3 is 20.9 Å². The maximum atomic E-state index is 12.2. The lowest BCUT2D eigenvalue weighted by Crippen LogP contribution is -2.20. The van der Waals surface area contributed by atoms with Crippen LogP contribution in [-0.2, 0) is 4.74 Å². The van der Waals surface area contributed by atoms with Crippen LogP contribution in [0.2, 0.25) is 0 Å². The van der Waals surface area contributed by atoms with Gasteiger partial charge in [-0.3, -0.25) is 9.89 Å². The van der Waals surface area contributed by atoms with Crippen molar-refractivity contribution < 1.29 is 14.3 Å². The number of nitrogens with one attached hydrogen (secondary N) is 1. The summed E-state index contributed by atoms with van der Waals surface area (Å²) in [6.45, 7) is 4.27. The van der Waals surface area contributed by atoms with Crippen LogP contribution < -0.4 is 16.2 Å². The number of aromatic nitrogens is 5. The molecule has 0 fully saturated rings. The lowest BCUT2D eigenvalue weighted by Gasteiger charge is -2.15. The van der Waals surface area contributed by atoms with Gasteiger partial charge in [-0.2, -0.15) is 10.1 Å². The smallest absolute Gasteiger partial charge is 0.317 e. The van der Waals surface area contributed by atoms with Gasteiger partial charge in [0.25, 0.3) is 5.91 Å². The number of hydrogen-bond acceptors (Lipinski definition) is 8. The summed E-state index contributed by atoms with van der Waals surface area (Å²) in [6, 6.07) is 7.53. The summed E-state index contributed by atoms with van der Waals surface area (Å²) >= 11 is 0. The minimum atomic E-state index is -0.732. The number of H-pyrrole nitrogens is 1. The molecule has 10 heteroatoms. The van der Waals surface area contributed by atoms with E-state index < -0.39 is 5.91 Å². The second-order valence-electron chi connectivity index (χ2n) is 7.57. The van der Waals surface area contributed by atoms with Gasteiger partial charge >= 0.3 is 6.01 Å². The molecular weight excluding hydrogens is 422 g/mol. The Morgan fingerprint density at radius 3 is 2.76 bits per heavy atom. The minimum absolute atomic E-state index is 0.0334. The molecule has 10 nitrogen and oxygen atoms in total. The summed E-state index contributed by atoms with van der Waals surface area (Å²) in [5, 5.41) is 7.96. The van der Waals surface area contributed by atoms with Crippen molar-refractivity contribution in [3.05, 3.63) is 47.9 Å². The van der Waals surface area contributed by atoms with Crippen molar-refractivity contribution >= 4 is 22.5 Å². The topological polar surface area (TPSA) is 155 Å². The van der Waals surface area contributed by atoms with Crippen LogP contribution in [0.3, 0.4) is 0 Å². The van der Waals surface area contributed by atoms with E-state index in [9.17, 15) is 4.79 Å². The van der Waals surface area contributed by atoms with Crippen LogP contribution in [0, 0.1) is 6.92 Å². The van der Waals surface area contributed by atoms with Crippen LogP contribution in [0.15, 0.2) is 36.7 Å². The molecule has 0 saturated carbocycles. The molecule has 0 aliphatic rings. The van der Waals surface area contributed by atoms with Gasteiger partial charge in [-0.15, -0.1) is 0 Å². The van der Waals surface area contributed by atoms with E-state index in [1.165, 1.54) is 0 Å². The Kier molecular flexibility index (Phi) is 6.18. The number of benzene rings is 1. The van der Waals surface area contributed by atoms with Gasteiger partial charge in [0, 0.05) is 24.3 Å². The Balaban J connectivity index is 1.84. The fourth-order valence-electron chi connectivity index (χ4n) is 3.64. The second-order valence-corrected chi connectivity index (χ2v) is 7.57. The number of ether oxygens (including phenoxy) is 2. The molecule has 0 saturated heterocycles. The van der Waals surface area contributed by atoms with Crippen molar-refractivity contribution in [3.63, 3.8) is 0 Å². The zero-order valence-electron chi connectivity index (χ0n) is 18.6. The highest BCUT2D eigenvalue weighted by atomic mass is 16.5. The van der Waals surface area contributed by atoms with Crippen LogP contribution in [0.5, 0.6) is 6.01 Å². The second kappa shape index (κ2) is 9.21. The molecule has 170 valence electrons. The summed E-state index contributed by atoms with van der Waals surface area (Å²) in [5.74, 6) is -0.732. The first-order valence-electron chi connectivity index (χ1n) is 10.4. The monoisotopic (exact) mass is 447 g/mol. The summed E-state index contributed by atoms with van der Waals surface area (Å²) in [4.78, 5) is 25.2. The van der Waals surface area contributed by atoms with Crippen LogP contribution in [0.25, 0.3) is 33.4 Å². The zero-order valence-corrected chi connectivity index (χ0v) is 18.6. The largest absolute Gasteiger partial charge is 0.461 e. The van der Waals surface area contributed by atoms with E-state index >= 15 is 0 Å². The Hall–Kier alpha value is -4.05. The lowest BCUT2D eigenvalue weighted by atomic mass is 9.94. The Labute approximate surface area is 190 Å². The summed E-state index contributed by atoms with van der Waals surface area (Å²) in [6.07, 6.45) is 4.01.